The lowest BCUT2D eigenvalue weighted by molar-refractivity contribution is 0.778. The lowest BCUT2D eigenvalue weighted by Crippen LogP contribution is -2.06. The van der Waals surface area contributed by atoms with Gasteiger partial charge in [-0.15, -0.1) is 5.10 Å². The molecule has 0 radical (unpaired) electrons. The fourth-order valence-corrected chi connectivity index (χ4v) is 3.75. The maximum Gasteiger partial charge on any atom is 0.159 e. The molecule has 0 saturated heterocycles. The number of fused-ring (bicyclic) bond motifs is 1. The average Bonchev–Trinajstić information content (AvgIpc) is 3.39. The van der Waals surface area contributed by atoms with Gasteiger partial charge in [-0.1, -0.05) is 24.3 Å². The summed E-state index contributed by atoms with van der Waals surface area (Å²) >= 11 is 0. The fourth-order valence-electron chi connectivity index (χ4n) is 3.75. The molecular weight excluding hydrogens is 336 g/mol. The molecule has 1 unspecified atom stereocenters. The lowest BCUT2D eigenvalue weighted by atomic mass is 10.1. The molecule has 0 bridgehead atoms. The van der Waals surface area contributed by atoms with Crippen molar-refractivity contribution in [2.45, 2.75) is 39.0 Å². The highest BCUT2D eigenvalue weighted by Gasteiger charge is 2.42. The molecule has 2 atom stereocenters. The Morgan fingerprint density at radius 3 is 2.44 bits per heavy atom. The zero-order valence-electron chi connectivity index (χ0n) is 15.6. The third-order valence-corrected chi connectivity index (χ3v) is 5.11. The first-order valence-corrected chi connectivity index (χ1v) is 9.20. The van der Waals surface area contributed by atoms with Crippen molar-refractivity contribution in [1.82, 2.24) is 29.7 Å². The molecule has 27 heavy (non-hydrogen) atoms. The van der Waals surface area contributed by atoms with E-state index in [-0.39, 0.29) is 0 Å². The van der Waals surface area contributed by atoms with Gasteiger partial charge in [-0.25, -0.2) is 15.0 Å². The van der Waals surface area contributed by atoms with E-state index in [1.165, 1.54) is 5.39 Å². The maximum atomic E-state index is 4.86. The molecule has 4 aromatic rings. The van der Waals surface area contributed by atoms with Gasteiger partial charge in [0.15, 0.2) is 5.82 Å². The van der Waals surface area contributed by atoms with Crippen molar-refractivity contribution < 1.29 is 0 Å². The quantitative estimate of drug-likeness (QED) is 0.558. The Kier molecular flexibility index (Phi) is 3.53. The van der Waals surface area contributed by atoms with Crippen molar-refractivity contribution in [1.29, 1.82) is 0 Å². The number of hydrogen-bond donors (Lipinski definition) is 0. The van der Waals surface area contributed by atoms with E-state index in [4.69, 9.17) is 9.97 Å². The number of hydrogen-bond acceptors (Lipinski definition) is 5. The topological polar surface area (TPSA) is 69.4 Å². The number of pyridine rings is 1. The van der Waals surface area contributed by atoms with Crippen molar-refractivity contribution in [2.75, 3.05) is 0 Å². The summed E-state index contributed by atoms with van der Waals surface area (Å²) in [5.41, 5.74) is 3.25. The predicted octanol–water partition coefficient (Wildman–Crippen LogP) is 3.80. The summed E-state index contributed by atoms with van der Waals surface area (Å²) in [6, 6.07) is 14.6. The summed E-state index contributed by atoms with van der Waals surface area (Å²) < 4.78 is 1.79. The molecule has 3 aromatic heterocycles. The number of rotatable bonds is 3. The molecule has 1 fully saturated rings. The fraction of sp³-hybridized carbons (Fsp3) is 0.286. The van der Waals surface area contributed by atoms with E-state index >= 15 is 0 Å². The van der Waals surface area contributed by atoms with E-state index in [2.05, 4.69) is 39.3 Å². The minimum atomic E-state index is 0.379. The van der Waals surface area contributed by atoms with Gasteiger partial charge in [-0.3, -0.25) is 4.98 Å². The van der Waals surface area contributed by atoms with Crippen LogP contribution in [0.25, 0.3) is 16.7 Å². The van der Waals surface area contributed by atoms with Gasteiger partial charge in [0.05, 0.1) is 11.2 Å². The molecule has 6 nitrogen and oxygen atoms in total. The first-order valence-electron chi connectivity index (χ1n) is 9.20. The average molecular weight is 356 g/mol. The Morgan fingerprint density at radius 2 is 1.63 bits per heavy atom. The van der Waals surface area contributed by atoms with Crippen molar-refractivity contribution in [3.63, 3.8) is 0 Å². The molecule has 5 rings (SSSR count). The number of nitrogens with zero attached hydrogens (tertiary/aromatic N) is 6. The Balaban J connectivity index is 1.48. The van der Waals surface area contributed by atoms with E-state index in [0.717, 1.165) is 46.6 Å². The Morgan fingerprint density at radius 1 is 0.815 bits per heavy atom. The highest BCUT2D eigenvalue weighted by atomic mass is 15.4. The third-order valence-electron chi connectivity index (χ3n) is 5.11. The van der Waals surface area contributed by atoms with Crippen LogP contribution in [0.2, 0.25) is 0 Å². The third kappa shape index (κ3) is 2.87. The molecule has 1 aliphatic carbocycles. The van der Waals surface area contributed by atoms with Crippen LogP contribution in [-0.2, 0) is 0 Å². The van der Waals surface area contributed by atoms with Crippen LogP contribution in [0.3, 0.4) is 0 Å². The van der Waals surface area contributed by atoms with Crippen LogP contribution in [0, 0.1) is 20.8 Å². The summed E-state index contributed by atoms with van der Waals surface area (Å²) in [5, 5.41) is 5.63. The molecule has 0 aliphatic heterocycles. The van der Waals surface area contributed by atoms with Gasteiger partial charge in [-0.2, -0.15) is 4.68 Å². The van der Waals surface area contributed by atoms with E-state index in [1.807, 2.05) is 39.0 Å². The number of aromatic nitrogens is 6. The Labute approximate surface area is 157 Å². The van der Waals surface area contributed by atoms with Gasteiger partial charge in [0, 0.05) is 29.0 Å². The molecule has 0 amide bonds. The van der Waals surface area contributed by atoms with Crippen molar-refractivity contribution in [3.05, 3.63) is 71.3 Å². The summed E-state index contributed by atoms with van der Waals surface area (Å²) in [5.74, 6) is 3.91. The minimum Gasteiger partial charge on any atom is -0.253 e. The van der Waals surface area contributed by atoms with Crippen molar-refractivity contribution in [3.8, 4) is 5.82 Å². The van der Waals surface area contributed by atoms with E-state index < -0.39 is 0 Å². The standard InChI is InChI=1S/C21H20N6/c1-12-23-20(11-21(24-12)27-14(3)22-13(2)26-27)17-10-16(17)19-9-8-15-6-4-5-7-18(15)25-19/h4-9,11,16-17H,10H2,1-3H3/t16-,17?/m1/s1. The first kappa shape index (κ1) is 16.1. The monoisotopic (exact) mass is 356 g/mol. The lowest BCUT2D eigenvalue weighted by Gasteiger charge is -2.07. The SMILES string of the molecule is Cc1nc(C2C[C@H]2c2ccc3ccccc3n2)cc(-n2nc(C)nc2C)n1. The highest BCUT2D eigenvalue weighted by Crippen LogP contribution is 2.53. The number of para-hydroxylation sites is 1. The molecule has 6 heteroatoms. The smallest absolute Gasteiger partial charge is 0.159 e. The molecular formula is C21H20N6. The second-order valence-electron chi connectivity index (χ2n) is 7.19. The second-order valence-corrected chi connectivity index (χ2v) is 7.19. The van der Waals surface area contributed by atoms with Gasteiger partial charge >= 0.3 is 0 Å². The molecule has 3 heterocycles. The van der Waals surface area contributed by atoms with Crippen LogP contribution in [0.5, 0.6) is 0 Å². The summed E-state index contributed by atoms with van der Waals surface area (Å²) in [7, 11) is 0. The summed E-state index contributed by atoms with van der Waals surface area (Å²) in [6.07, 6.45) is 1.07. The highest BCUT2D eigenvalue weighted by molar-refractivity contribution is 5.78. The first-order chi connectivity index (χ1) is 13.1. The summed E-state index contributed by atoms with van der Waals surface area (Å²) in [6.45, 7) is 5.76. The molecule has 0 N–H and O–H groups in total. The van der Waals surface area contributed by atoms with E-state index in [0.29, 0.717) is 11.8 Å². The molecule has 134 valence electrons. The van der Waals surface area contributed by atoms with Crippen LogP contribution >= 0.6 is 0 Å². The maximum absolute atomic E-state index is 4.86. The van der Waals surface area contributed by atoms with Crippen molar-refractivity contribution >= 4 is 10.9 Å². The molecule has 0 spiro atoms. The normalized spacial score (nSPS) is 18.8. The largest absolute Gasteiger partial charge is 0.253 e. The van der Waals surface area contributed by atoms with Crippen LogP contribution in [0.1, 0.15) is 47.1 Å². The number of benzene rings is 1. The van der Waals surface area contributed by atoms with Crippen molar-refractivity contribution in [2.24, 2.45) is 0 Å². The van der Waals surface area contributed by atoms with Crippen LogP contribution in [0.15, 0.2) is 42.5 Å². The zero-order valence-corrected chi connectivity index (χ0v) is 15.6. The van der Waals surface area contributed by atoms with Crippen LogP contribution in [-0.4, -0.2) is 29.7 Å². The second kappa shape index (κ2) is 5.94. The predicted molar refractivity (Wildman–Crippen MR) is 103 cm³/mol. The number of aryl methyl sites for hydroxylation is 3. The Hall–Kier alpha value is -3.15. The van der Waals surface area contributed by atoms with Gasteiger partial charge in [0.25, 0.3) is 0 Å². The van der Waals surface area contributed by atoms with Gasteiger partial charge in [0.1, 0.15) is 17.5 Å². The molecule has 1 aromatic carbocycles. The van der Waals surface area contributed by atoms with Gasteiger partial charge < -0.3 is 0 Å². The van der Waals surface area contributed by atoms with Crippen LogP contribution in [0.4, 0.5) is 0 Å². The van der Waals surface area contributed by atoms with Gasteiger partial charge in [0.2, 0.25) is 0 Å². The van der Waals surface area contributed by atoms with Crippen LogP contribution < -0.4 is 0 Å². The summed E-state index contributed by atoms with van der Waals surface area (Å²) in [4.78, 5) is 18.5. The minimum absolute atomic E-state index is 0.379. The van der Waals surface area contributed by atoms with E-state index in [9.17, 15) is 0 Å². The Bertz CT molecular complexity index is 1160. The zero-order chi connectivity index (χ0) is 18.5. The molecule has 1 aliphatic rings. The molecule has 1 saturated carbocycles. The van der Waals surface area contributed by atoms with Gasteiger partial charge in [-0.05, 0) is 39.3 Å². The van der Waals surface area contributed by atoms with E-state index in [1.54, 1.807) is 4.68 Å².